The molecule has 12 aromatic rings. The Morgan fingerprint density at radius 2 is 0.626 bits per heavy atom. The van der Waals surface area contributed by atoms with Gasteiger partial charge in [-0.05, 0) is 181 Å². The van der Waals surface area contributed by atoms with Gasteiger partial charge in [-0.15, -0.1) is 0 Å². The zero-order valence-electron chi connectivity index (χ0n) is 56.9. The molecule has 0 fully saturated rings. The number of hydrogen-bond donors (Lipinski definition) is 0. The molecule has 0 bridgehead atoms. The molecular formula is C86H87BN4. The number of anilines is 6. The van der Waals surface area contributed by atoms with E-state index in [1.165, 1.54) is 104 Å². The minimum Gasteiger partial charge on any atom is -0.311 e. The normalized spacial score (nSPS) is 13.8. The zero-order valence-corrected chi connectivity index (χ0v) is 56.9. The van der Waals surface area contributed by atoms with Gasteiger partial charge in [0.25, 0.3) is 6.71 Å². The largest absolute Gasteiger partial charge is 0.311 e. The van der Waals surface area contributed by atoms with Crippen molar-refractivity contribution in [3.8, 4) is 33.9 Å². The van der Waals surface area contributed by atoms with Crippen LogP contribution in [0.5, 0.6) is 0 Å². The summed E-state index contributed by atoms with van der Waals surface area (Å²) in [5.74, 6) is 0.711. The Morgan fingerprint density at radius 3 is 1.00 bits per heavy atom. The van der Waals surface area contributed by atoms with Gasteiger partial charge >= 0.3 is 0 Å². The number of rotatable bonds is 5. The van der Waals surface area contributed by atoms with Crippen LogP contribution in [0, 0.1) is 0 Å². The average molecular weight is 1190 g/mol. The van der Waals surface area contributed by atoms with Crippen LogP contribution < -0.4 is 26.2 Å². The van der Waals surface area contributed by atoms with E-state index in [2.05, 4.69) is 335 Å². The van der Waals surface area contributed by atoms with E-state index in [4.69, 9.17) is 9.97 Å². The van der Waals surface area contributed by atoms with Crippen LogP contribution in [0.4, 0.5) is 34.1 Å². The zero-order chi connectivity index (χ0) is 64.2. The van der Waals surface area contributed by atoms with Crippen molar-refractivity contribution < 1.29 is 0 Å². The van der Waals surface area contributed by atoms with Gasteiger partial charge in [-0.3, -0.25) is 0 Å². The van der Waals surface area contributed by atoms with Crippen LogP contribution in [0.2, 0.25) is 0 Å². The van der Waals surface area contributed by atoms with Crippen molar-refractivity contribution in [3.05, 3.63) is 234 Å². The summed E-state index contributed by atoms with van der Waals surface area (Å²) >= 11 is 0. The van der Waals surface area contributed by atoms with Crippen molar-refractivity contribution in [2.24, 2.45) is 0 Å². The Morgan fingerprint density at radius 1 is 0.286 bits per heavy atom. The number of benzene rings is 11. The molecule has 11 aromatic carbocycles. The summed E-state index contributed by atoms with van der Waals surface area (Å²) in [6.45, 7) is 41.6. The van der Waals surface area contributed by atoms with Crippen LogP contribution in [0.1, 0.15) is 158 Å². The second-order valence-corrected chi connectivity index (χ2v) is 32.5. The van der Waals surface area contributed by atoms with Gasteiger partial charge in [0.05, 0.1) is 11.4 Å². The summed E-state index contributed by atoms with van der Waals surface area (Å²) in [4.78, 5) is 16.9. The fraction of sp³-hybridized carbons (Fsp3) is 0.279. The van der Waals surface area contributed by atoms with Crippen molar-refractivity contribution in [2.45, 2.75) is 157 Å². The van der Waals surface area contributed by atoms with Crippen LogP contribution in [0.3, 0.4) is 0 Å². The van der Waals surface area contributed by atoms with E-state index in [0.717, 1.165) is 50.8 Å². The summed E-state index contributed by atoms with van der Waals surface area (Å²) in [6, 6.07) is 77.4. The predicted octanol–water partition coefficient (Wildman–Crippen LogP) is 22.0. The SMILES string of the molecule is CC(C)(C)c1ccc(N2c3cc(-c4cc(-c5cc(C(C)(C)C)cc(C(C)(C)C)c5)nc(-c5cc(C(C)(C)C)cc(C(C)(C)C)c5)n4)cc4c3B(c3ccc5c(ccc6ccccc65)c32)c2ccc3c(ccc5ccccc53)c2N4c2ccc(C(C)(C)C)cc2)cc1. The maximum Gasteiger partial charge on any atom is 0.252 e. The lowest BCUT2D eigenvalue weighted by Gasteiger charge is -2.45. The van der Waals surface area contributed by atoms with E-state index >= 15 is 0 Å². The predicted molar refractivity (Wildman–Crippen MR) is 395 cm³/mol. The van der Waals surface area contributed by atoms with Gasteiger partial charge in [0.15, 0.2) is 5.82 Å². The first-order valence-electron chi connectivity index (χ1n) is 33.0. The number of fused-ring (bicyclic) bond motifs is 12. The Hall–Kier alpha value is -8.80. The molecule has 1 aromatic heterocycles. The lowest BCUT2D eigenvalue weighted by atomic mass is 9.33. The van der Waals surface area contributed by atoms with Gasteiger partial charge in [0.2, 0.25) is 0 Å². The van der Waals surface area contributed by atoms with E-state index in [9.17, 15) is 0 Å². The Labute approximate surface area is 541 Å². The summed E-state index contributed by atoms with van der Waals surface area (Å²) < 4.78 is 0. The summed E-state index contributed by atoms with van der Waals surface area (Å²) in [5.41, 5.74) is 22.7. The van der Waals surface area contributed by atoms with Crippen LogP contribution in [-0.2, 0) is 32.5 Å². The minimum absolute atomic E-state index is 0.0442. The first kappa shape index (κ1) is 59.8. The van der Waals surface area contributed by atoms with Crippen LogP contribution in [-0.4, -0.2) is 16.7 Å². The number of aromatic nitrogens is 2. The molecule has 0 radical (unpaired) electrons. The lowest BCUT2D eigenvalue weighted by molar-refractivity contribution is 0.568. The standard InChI is InChI=1S/C86H87BN4/c1-81(2,3)57-29-33-63(34-30-57)90-75-47-55(74-51-73(54-43-59(83(7,8)9)49-60(44-54)84(10,11)12)88-80(89-74)56-45-61(85(13,14)15)50-62(46-56)86(16,17)18)48-76-77(75)87(71-41-39-67-65-25-21-19-23-52(65)27-37-69(67)78(71)90)72-42-40-68-66-26-22-20-24-53(66)28-38-70(68)79(72)91(76)64-35-31-58(32-36-64)82(4,5)6/h19-51H,1-18H3. The van der Waals surface area contributed by atoms with E-state index in [-0.39, 0.29) is 39.2 Å². The van der Waals surface area contributed by atoms with E-state index in [1.54, 1.807) is 0 Å². The second kappa shape index (κ2) is 20.9. The van der Waals surface area contributed by atoms with Gasteiger partial charge in [-0.1, -0.05) is 258 Å². The van der Waals surface area contributed by atoms with Gasteiger partial charge in [-0.2, -0.15) is 0 Å². The molecule has 2 aliphatic heterocycles. The molecule has 4 nitrogen and oxygen atoms in total. The third kappa shape index (κ3) is 10.4. The number of hydrogen-bond acceptors (Lipinski definition) is 4. The third-order valence-corrected chi connectivity index (χ3v) is 19.7. The monoisotopic (exact) mass is 1190 g/mol. The Bertz CT molecular complexity index is 4560. The molecule has 0 atom stereocenters. The van der Waals surface area contributed by atoms with Gasteiger partial charge in [0, 0.05) is 61.6 Å². The molecule has 0 saturated heterocycles. The highest BCUT2D eigenvalue weighted by molar-refractivity contribution is 7.01. The second-order valence-electron chi connectivity index (χ2n) is 32.5. The highest BCUT2D eigenvalue weighted by atomic mass is 15.2. The van der Waals surface area contributed by atoms with Crippen molar-refractivity contribution in [1.82, 2.24) is 9.97 Å². The van der Waals surface area contributed by atoms with E-state index in [0.29, 0.717) is 5.82 Å². The van der Waals surface area contributed by atoms with Gasteiger partial charge in [-0.25, -0.2) is 9.97 Å². The summed E-state index contributed by atoms with van der Waals surface area (Å²) in [5, 5.41) is 9.85. The fourth-order valence-corrected chi connectivity index (χ4v) is 14.2. The summed E-state index contributed by atoms with van der Waals surface area (Å²) in [6.07, 6.45) is 0. The molecule has 3 heterocycles. The smallest absolute Gasteiger partial charge is 0.252 e. The molecule has 14 rings (SSSR count). The third-order valence-electron chi connectivity index (χ3n) is 19.7. The molecule has 0 saturated carbocycles. The number of nitrogens with zero attached hydrogens (tertiary/aromatic N) is 4. The average Bonchev–Trinajstić information content (AvgIpc) is 0.686. The molecular weight excluding hydrogens is 1100 g/mol. The van der Waals surface area contributed by atoms with Crippen LogP contribution >= 0.6 is 0 Å². The van der Waals surface area contributed by atoms with Crippen LogP contribution in [0.25, 0.3) is 77.0 Å². The lowest BCUT2D eigenvalue weighted by Crippen LogP contribution is -2.61. The van der Waals surface area contributed by atoms with Gasteiger partial charge < -0.3 is 9.80 Å². The van der Waals surface area contributed by atoms with Crippen LogP contribution in [0.15, 0.2) is 200 Å². The van der Waals surface area contributed by atoms with Crippen molar-refractivity contribution >= 4 is 100 Å². The molecule has 0 N–H and O–H groups in total. The first-order valence-corrected chi connectivity index (χ1v) is 33.0. The molecule has 454 valence electrons. The minimum atomic E-state index is -0.144. The van der Waals surface area contributed by atoms with E-state index in [1.807, 2.05) is 0 Å². The van der Waals surface area contributed by atoms with Crippen molar-refractivity contribution in [2.75, 3.05) is 9.80 Å². The van der Waals surface area contributed by atoms with Gasteiger partial charge in [0.1, 0.15) is 0 Å². The fourth-order valence-electron chi connectivity index (χ4n) is 14.2. The molecule has 5 heteroatoms. The first-order chi connectivity index (χ1) is 42.9. The highest BCUT2D eigenvalue weighted by Crippen LogP contribution is 2.51. The topological polar surface area (TPSA) is 32.3 Å². The summed E-state index contributed by atoms with van der Waals surface area (Å²) in [7, 11) is 0. The molecule has 0 aliphatic carbocycles. The quantitative estimate of drug-likeness (QED) is 0.127. The highest BCUT2D eigenvalue weighted by Gasteiger charge is 2.45. The molecule has 0 amide bonds. The van der Waals surface area contributed by atoms with E-state index < -0.39 is 0 Å². The Kier molecular flexibility index (Phi) is 13.7. The molecule has 2 aliphatic rings. The maximum absolute atomic E-state index is 5.93. The molecule has 91 heavy (non-hydrogen) atoms. The maximum atomic E-state index is 5.93. The van der Waals surface area contributed by atoms with Crippen molar-refractivity contribution in [1.29, 1.82) is 0 Å². The van der Waals surface area contributed by atoms with Crippen molar-refractivity contribution in [3.63, 3.8) is 0 Å². The molecule has 0 unspecified atom stereocenters. The molecule has 0 spiro atoms. The Balaban J connectivity index is 1.16.